The average molecular weight is 360 g/mol. The van der Waals surface area contributed by atoms with Gasteiger partial charge >= 0.3 is 0 Å². The maximum absolute atomic E-state index is 13.3. The largest absolute Gasteiger partial charge is 0.457 e. The first kappa shape index (κ1) is 18.2. The highest BCUT2D eigenvalue weighted by atomic mass is 19.1. The Bertz CT molecular complexity index is 1070. The molecule has 1 aromatic heterocycles. The van der Waals surface area contributed by atoms with Crippen LogP contribution in [0.4, 0.5) is 10.1 Å². The molecule has 0 fully saturated rings. The van der Waals surface area contributed by atoms with Crippen molar-refractivity contribution in [3.05, 3.63) is 82.9 Å². The SMILES string of the molecule is Cc1ccc(C)c(NC(=O)/C(C#N)=C/c2ccc(-c3cccc(F)c3)o2)c1. The van der Waals surface area contributed by atoms with Gasteiger partial charge in [0.2, 0.25) is 0 Å². The summed E-state index contributed by atoms with van der Waals surface area (Å²) >= 11 is 0. The van der Waals surface area contributed by atoms with Crippen LogP contribution in [-0.4, -0.2) is 5.91 Å². The molecule has 1 amide bonds. The number of amides is 1. The van der Waals surface area contributed by atoms with Gasteiger partial charge in [-0.3, -0.25) is 4.79 Å². The topological polar surface area (TPSA) is 66.0 Å². The third kappa shape index (κ3) is 4.31. The molecule has 27 heavy (non-hydrogen) atoms. The van der Waals surface area contributed by atoms with Crippen molar-refractivity contribution >= 4 is 17.7 Å². The molecular weight excluding hydrogens is 343 g/mol. The Balaban J connectivity index is 1.83. The van der Waals surface area contributed by atoms with Crippen molar-refractivity contribution in [2.75, 3.05) is 5.32 Å². The molecule has 0 bridgehead atoms. The lowest BCUT2D eigenvalue weighted by molar-refractivity contribution is -0.112. The minimum atomic E-state index is -0.519. The lowest BCUT2D eigenvalue weighted by atomic mass is 10.1. The first-order valence-corrected chi connectivity index (χ1v) is 8.32. The zero-order valence-electron chi connectivity index (χ0n) is 14.9. The van der Waals surface area contributed by atoms with Gasteiger partial charge in [0.25, 0.3) is 5.91 Å². The Hall–Kier alpha value is -3.65. The maximum atomic E-state index is 13.3. The number of hydrogen-bond donors (Lipinski definition) is 1. The number of nitrogens with one attached hydrogen (secondary N) is 1. The number of nitriles is 1. The Labute approximate surface area is 156 Å². The van der Waals surface area contributed by atoms with Gasteiger partial charge < -0.3 is 9.73 Å². The number of carbonyl (C=O) groups excluding carboxylic acids is 1. The van der Waals surface area contributed by atoms with Crippen LogP contribution in [0.5, 0.6) is 0 Å². The van der Waals surface area contributed by atoms with E-state index in [4.69, 9.17) is 4.42 Å². The fourth-order valence-electron chi connectivity index (χ4n) is 2.58. The van der Waals surface area contributed by atoms with Crippen LogP contribution < -0.4 is 5.32 Å². The number of halogens is 1. The van der Waals surface area contributed by atoms with Gasteiger partial charge in [0.1, 0.15) is 29.0 Å². The molecule has 0 spiro atoms. The second-order valence-electron chi connectivity index (χ2n) is 6.15. The van der Waals surface area contributed by atoms with E-state index in [0.717, 1.165) is 11.1 Å². The van der Waals surface area contributed by atoms with Crippen molar-refractivity contribution in [1.82, 2.24) is 0 Å². The normalized spacial score (nSPS) is 11.1. The minimum absolute atomic E-state index is 0.0870. The van der Waals surface area contributed by atoms with Crippen LogP contribution >= 0.6 is 0 Å². The average Bonchev–Trinajstić information content (AvgIpc) is 3.11. The Morgan fingerprint density at radius 1 is 1.15 bits per heavy atom. The number of furan rings is 1. The molecule has 2 aromatic carbocycles. The van der Waals surface area contributed by atoms with Gasteiger partial charge in [0.15, 0.2) is 0 Å². The molecule has 0 aliphatic carbocycles. The number of aryl methyl sites for hydroxylation is 2. The van der Waals surface area contributed by atoms with Crippen LogP contribution in [0, 0.1) is 31.0 Å². The molecule has 3 rings (SSSR count). The van der Waals surface area contributed by atoms with E-state index in [1.54, 1.807) is 24.3 Å². The van der Waals surface area contributed by atoms with Crippen molar-refractivity contribution in [2.45, 2.75) is 13.8 Å². The van der Waals surface area contributed by atoms with Gasteiger partial charge in [0.05, 0.1) is 0 Å². The van der Waals surface area contributed by atoms with Crippen molar-refractivity contribution in [3.8, 4) is 17.4 Å². The summed E-state index contributed by atoms with van der Waals surface area (Å²) in [5, 5.41) is 12.1. The highest BCUT2D eigenvalue weighted by Gasteiger charge is 2.13. The monoisotopic (exact) mass is 360 g/mol. The zero-order valence-corrected chi connectivity index (χ0v) is 14.9. The van der Waals surface area contributed by atoms with Crippen LogP contribution in [0.25, 0.3) is 17.4 Å². The van der Waals surface area contributed by atoms with E-state index in [9.17, 15) is 14.4 Å². The molecule has 0 atom stereocenters. The lowest BCUT2D eigenvalue weighted by Gasteiger charge is -2.08. The van der Waals surface area contributed by atoms with E-state index in [0.29, 0.717) is 22.8 Å². The van der Waals surface area contributed by atoms with E-state index in [-0.39, 0.29) is 11.4 Å². The number of hydrogen-bond acceptors (Lipinski definition) is 3. The molecule has 134 valence electrons. The molecule has 0 aliphatic rings. The molecule has 0 saturated heterocycles. The second-order valence-corrected chi connectivity index (χ2v) is 6.15. The van der Waals surface area contributed by atoms with Gasteiger partial charge in [-0.2, -0.15) is 5.26 Å². The van der Waals surface area contributed by atoms with Gasteiger partial charge in [-0.05, 0) is 55.3 Å². The Morgan fingerprint density at radius 3 is 2.70 bits per heavy atom. The summed E-state index contributed by atoms with van der Waals surface area (Å²) < 4.78 is 19.0. The highest BCUT2D eigenvalue weighted by molar-refractivity contribution is 6.09. The highest BCUT2D eigenvalue weighted by Crippen LogP contribution is 2.24. The summed E-state index contributed by atoms with van der Waals surface area (Å²) in [6, 6.07) is 16.9. The Morgan fingerprint density at radius 2 is 1.96 bits per heavy atom. The van der Waals surface area contributed by atoms with Crippen molar-refractivity contribution < 1.29 is 13.6 Å². The fourth-order valence-corrected chi connectivity index (χ4v) is 2.58. The predicted molar refractivity (Wildman–Crippen MR) is 102 cm³/mol. The van der Waals surface area contributed by atoms with E-state index in [1.165, 1.54) is 18.2 Å². The van der Waals surface area contributed by atoms with Gasteiger partial charge in [-0.25, -0.2) is 4.39 Å². The van der Waals surface area contributed by atoms with Crippen molar-refractivity contribution in [3.63, 3.8) is 0 Å². The van der Waals surface area contributed by atoms with E-state index >= 15 is 0 Å². The smallest absolute Gasteiger partial charge is 0.266 e. The molecular formula is C22H17FN2O2. The van der Waals surface area contributed by atoms with Crippen LogP contribution in [-0.2, 0) is 4.79 Å². The molecule has 3 aromatic rings. The second kappa shape index (κ2) is 7.71. The first-order chi connectivity index (χ1) is 13.0. The summed E-state index contributed by atoms with van der Waals surface area (Å²) in [6.07, 6.45) is 1.36. The number of anilines is 1. The predicted octanol–water partition coefficient (Wildman–Crippen LogP) is 5.25. The number of benzene rings is 2. The van der Waals surface area contributed by atoms with Crippen molar-refractivity contribution in [1.29, 1.82) is 5.26 Å². The molecule has 0 saturated carbocycles. The lowest BCUT2D eigenvalue weighted by Crippen LogP contribution is -2.14. The summed E-state index contributed by atoms with van der Waals surface area (Å²) in [6.45, 7) is 3.80. The molecule has 0 unspecified atom stereocenters. The zero-order chi connectivity index (χ0) is 19.4. The first-order valence-electron chi connectivity index (χ1n) is 8.32. The van der Waals surface area contributed by atoms with Gasteiger partial charge in [-0.15, -0.1) is 0 Å². The molecule has 1 heterocycles. The molecule has 5 heteroatoms. The quantitative estimate of drug-likeness (QED) is 0.510. The number of rotatable bonds is 4. The summed E-state index contributed by atoms with van der Waals surface area (Å²) in [5.41, 5.74) is 3.05. The third-order valence-corrected chi connectivity index (χ3v) is 4.03. The minimum Gasteiger partial charge on any atom is -0.457 e. The van der Waals surface area contributed by atoms with E-state index in [1.807, 2.05) is 38.1 Å². The van der Waals surface area contributed by atoms with Crippen molar-refractivity contribution in [2.24, 2.45) is 0 Å². The summed E-state index contributed by atoms with van der Waals surface area (Å²) in [5.74, 6) is -0.101. The number of nitrogens with zero attached hydrogens (tertiary/aromatic N) is 1. The van der Waals surface area contributed by atoms with Crippen LogP contribution in [0.3, 0.4) is 0 Å². The summed E-state index contributed by atoms with van der Waals surface area (Å²) in [4.78, 5) is 12.4. The molecule has 1 N–H and O–H groups in total. The molecule has 4 nitrogen and oxygen atoms in total. The standard InChI is InChI=1S/C22H17FN2O2/c1-14-6-7-15(2)20(10-14)25-22(26)17(13-24)12-19-8-9-21(27-19)16-4-3-5-18(23)11-16/h3-12H,1-2H3,(H,25,26)/b17-12+. The van der Waals surface area contributed by atoms with E-state index in [2.05, 4.69) is 5.32 Å². The van der Waals surface area contributed by atoms with Gasteiger partial charge in [-0.1, -0.05) is 24.3 Å². The Kier molecular flexibility index (Phi) is 5.18. The third-order valence-electron chi connectivity index (χ3n) is 4.03. The number of carbonyl (C=O) groups is 1. The summed E-state index contributed by atoms with van der Waals surface area (Å²) in [7, 11) is 0. The fraction of sp³-hybridized carbons (Fsp3) is 0.0909. The van der Waals surface area contributed by atoms with Crippen LogP contribution in [0.15, 0.2) is 64.6 Å². The van der Waals surface area contributed by atoms with Gasteiger partial charge in [0, 0.05) is 17.3 Å². The van der Waals surface area contributed by atoms with E-state index < -0.39 is 5.91 Å². The van der Waals surface area contributed by atoms with Crippen LogP contribution in [0.1, 0.15) is 16.9 Å². The van der Waals surface area contributed by atoms with Crippen LogP contribution in [0.2, 0.25) is 0 Å². The molecule has 0 aliphatic heterocycles. The maximum Gasteiger partial charge on any atom is 0.266 e. The molecule has 0 radical (unpaired) electrons.